The summed E-state index contributed by atoms with van der Waals surface area (Å²) in [5.74, 6) is -1.01. The maximum atomic E-state index is 12.0. The molecule has 1 saturated heterocycles. The second-order valence-electron chi connectivity index (χ2n) is 8.08. The number of benzene rings is 1. The molecule has 2 aromatic rings. The van der Waals surface area contributed by atoms with Gasteiger partial charge in [-0.15, -0.1) is 0 Å². The van der Waals surface area contributed by atoms with Crippen LogP contribution in [0.3, 0.4) is 0 Å². The van der Waals surface area contributed by atoms with E-state index in [1.807, 2.05) is 12.1 Å². The molecule has 32 heavy (non-hydrogen) atoms. The summed E-state index contributed by atoms with van der Waals surface area (Å²) in [6.45, 7) is 2.08. The number of carboxylic acid groups (broad SMARTS) is 1. The van der Waals surface area contributed by atoms with Gasteiger partial charge in [-0.3, -0.25) is 4.79 Å². The number of halogens is 3. The zero-order valence-electron chi connectivity index (χ0n) is 17.5. The topological polar surface area (TPSA) is 82.5 Å². The van der Waals surface area contributed by atoms with Crippen molar-refractivity contribution in [3.05, 3.63) is 59.8 Å². The molecule has 0 radical (unpaired) electrons. The minimum absolute atomic E-state index is 0.00289. The van der Waals surface area contributed by atoms with E-state index in [-0.39, 0.29) is 5.91 Å². The van der Waals surface area contributed by atoms with Gasteiger partial charge in [0.1, 0.15) is 5.82 Å². The van der Waals surface area contributed by atoms with Gasteiger partial charge >= 0.3 is 12.1 Å². The van der Waals surface area contributed by atoms with Crippen LogP contribution in [-0.2, 0) is 11.2 Å². The summed E-state index contributed by atoms with van der Waals surface area (Å²) in [6.07, 6.45) is 2.40. The standard InChI is InChI=1S/C21H25N3O.C2HF3O2/c25-21(23-19-7-8-19)18-6-9-20(22-15-18)24-12-10-17(11-13-24)14-16-4-2-1-3-5-16;3-2(4,5)1(6)7/h1-6,9,15,17,19H,7-8,10-14H2,(H,23,25);(H,6,7). The quantitative estimate of drug-likeness (QED) is 0.719. The lowest BCUT2D eigenvalue weighted by Gasteiger charge is -2.33. The van der Waals surface area contributed by atoms with Crippen LogP contribution < -0.4 is 10.2 Å². The molecule has 2 N–H and O–H groups in total. The van der Waals surface area contributed by atoms with Crippen LogP contribution in [0.25, 0.3) is 0 Å². The zero-order valence-corrected chi connectivity index (χ0v) is 17.5. The van der Waals surface area contributed by atoms with Crippen molar-refractivity contribution in [3.63, 3.8) is 0 Å². The maximum absolute atomic E-state index is 12.0. The van der Waals surface area contributed by atoms with E-state index in [0.29, 0.717) is 11.6 Å². The Bertz CT molecular complexity index is 892. The predicted octanol–water partition coefficient (Wildman–Crippen LogP) is 4.07. The van der Waals surface area contributed by atoms with Gasteiger partial charge in [0.15, 0.2) is 0 Å². The smallest absolute Gasteiger partial charge is 0.475 e. The molecule has 9 heteroatoms. The summed E-state index contributed by atoms with van der Waals surface area (Å²) in [4.78, 5) is 27.8. The summed E-state index contributed by atoms with van der Waals surface area (Å²) >= 11 is 0. The Morgan fingerprint density at radius 3 is 2.16 bits per heavy atom. The number of piperidine rings is 1. The number of alkyl halides is 3. The number of aromatic nitrogens is 1. The van der Waals surface area contributed by atoms with E-state index in [1.165, 1.54) is 24.8 Å². The van der Waals surface area contributed by atoms with E-state index in [2.05, 4.69) is 45.5 Å². The van der Waals surface area contributed by atoms with Gasteiger partial charge in [0.25, 0.3) is 5.91 Å². The summed E-state index contributed by atoms with van der Waals surface area (Å²) in [5, 5.41) is 10.1. The number of aliphatic carboxylic acids is 1. The number of nitrogens with one attached hydrogen (secondary N) is 1. The first-order valence-corrected chi connectivity index (χ1v) is 10.6. The fourth-order valence-corrected chi connectivity index (χ4v) is 3.52. The van der Waals surface area contributed by atoms with Gasteiger partial charge in [0, 0.05) is 25.3 Å². The normalized spacial score (nSPS) is 16.7. The number of hydrogen-bond acceptors (Lipinski definition) is 4. The molecular weight excluding hydrogens is 423 g/mol. The highest BCUT2D eigenvalue weighted by Crippen LogP contribution is 2.25. The van der Waals surface area contributed by atoms with Crippen LogP contribution in [-0.4, -0.2) is 47.3 Å². The van der Waals surface area contributed by atoms with Crippen molar-refractivity contribution in [2.45, 2.75) is 44.3 Å². The van der Waals surface area contributed by atoms with E-state index in [4.69, 9.17) is 9.90 Å². The second kappa shape index (κ2) is 10.5. The second-order valence-corrected chi connectivity index (χ2v) is 8.08. The summed E-state index contributed by atoms with van der Waals surface area (Å²) in [5.41, 5.74) is 2.10. The molecule has 0 bridgehead atoms. The molecule has 1 amide bonds. The van der Waals surface area contributed by atoms with Crippen LogP contribution in [0.5, 0.6) is 0 Å². The van der Waals surface area contributed by atoms with Gasteiger partial charge in [0.05, 0.1) is 5.56 Å². The lowest BCUT2D eigenvalue weighted by Crippen LogP contribution is -2.35. The molecule has 1 saturated carbocycles. The Balaban J connectivity index is 0.000000360. The van der Waals surface area contributed by atoms with Gasteiger partial charge in [-0.1, -0.05) is 30.3 Å². The Labute approximate surface area is 184 Å². The highest BCUT2D eigenvalue weighted by atomic mass is 19.4. The van der Waals surface area contributed by atoms with Gasteiger partial charge in [-0.2, -0.15) is 13.2 Å². The molecule has 1 aromatic carbocycles. The van der Waals surface area contributed by atoms with E-state index < -0.39 is 12.1 Å². The molecule has 1 aliphatic carbocycles. The molecular formula is C23H26F3N3O3. The minimum Gasteiger partial charge on any atom is -0.475 e. The van der Waals surface area contributed by atoms with Crippen LogP contribution in [0, 0.1) is 5.92 Å². The SMILES string of the molecule is O=C(NC1CC1)c1ccc(N2CCC(Cc3ccccc3)CC2)nc1.O=C(O)C(F)(F)F. The van der Waals surface area contributed by atoms with Crippen molar-refractivity contribution in [3.8, 4) is 0 Å². The highest BCUT2D eigenvalue weighted by molar-refractivity contribution is 5.94. The summed E-state index contributed by atoms with van der Waals surface area (Å²) in [6, 6.07) is 15.0. The van der Waals surface area contributed by atoms with E-state index in [0.717, 1.165) is 37.7 Å². The summed E-state index contributed by atoms with van der Waals surface area (Å²) < 4.78 is 31.7. The first kappa shape index (κ1) is 23.6. The molecule has 0 spiro atoms. The molecule has 0 unspecified atom stereocenters. The largest absolute Gasteiger partial charge is 0.490 e. The third-order valence-electron chi connectivity index (χ3n) is 5.47. The molecule has 1 aromatic heterocycles. The Morgan fingerprint density at radius 1 is 1.03 bits per heavy atom. The lowest BCUT2D eigenvalue weighted by molar-refractivity contribution is -0.192. The fourth-order valence-electron chi connectivity index (χ4n) is 3.52. The van der Waals surface area contributed by atoms with Crippen molar-refractivity contribution in [2.75, 3.05) is 18.0 Å². The zero-order chi connectivity index (χ0) is 23.1. The fraction of sp³-hybridized carbons (Fsp3) is 0.435. The van der Waals surface area contributed by atoms with E-state index in [9.17, 15) is 18.0 Å². The molecule has 6 nitrogen and oxygen atoms in total. The van der Waals surface area contributed by atoms with Crippen LogP contribution in [0.4, 0.5) is 19.0 Å². The average molecular weight is 449 g/mol. The third-order valence-corrected chi connectivity index (χ3v) is 5.47. The molecule has 172 valence electrons. The first-order valence-electron chi connectivity index (χ1n) is 10.6. The van der Waals surface area contributed by atoms with Crippen LogP contribution >= 0.6 is 0 Å². The van der Waals surface area contributed by atoms with Crippen LogP contribution in [0.2, 0.25) is 0 Å². The maximum Gasteiger partial charge on any atom is 0.490 e. The third kappa shape index (κ3) is 7.25. The predicted molar refractivity (Wildman–Crippen MR) is 113 cm³/mol. The van der Waals surface area contributed by atoms with Gasteiger partial charge in [-0.05, 0) is 55.7 Å². The molecule has 2 heterocycles. The van der Waals surface area contributed by atoms with Gasteiger partial charge < -0.3 is 15.3 Å². The minimum atomic E-state index is -5.08. The van der Waals surface area contributed by atoms with Crippen LogP contribution in [0.1, 0.15) is 41.6 Å². The van der Waals surface area contributed by atoms with Crippen LogP contribution in [0.15, 0.2) is 48.7 Å². The molecule has 1 aliphatic heterocycles. The van der Waals surface area contributed by atoms with E-state index in [1.54, 1.807) is 6.20 Å². The molecule has 4 rings (SSSR count). The monoisotopic (exact) mass is 449 g/mol. The average Bonchev–Trinajstić information content (AvgIpc) is 3.59. The van der Waals surface area contributed by atoms with Gasteiger partial charge in [-0.25, -0.2) is 9.78 Å². The van der Waals surface area contributed by atoms with E-state index >= 15 is 0 Å². The Morgan fingerprint density at radius 2 is 1.66 bits per heavy atom. The highest BCUT2D eigenvalue weighted by Gasteiger charge is 2.38. The number of carboxylic acids is 1. The van der Waals surface area contributed by atoms with Crippen molar-refractivity contribution in [2.24, 2.45) is 5.92 Å². The Hall–Kier alpha value is -3.10. The van der Waals surface area contributed by atoms with Crippen molar-refractivity contribution in [1.29, 1.82) is 0 Å². The van der Waals surface area contributed by atoms with Crippen molar-refractivity contribution in [1.82, 2.24) is 10.3 Å². The summed E-state index contributed by atoms with van der Waals surface area (Å²) in [7, 11) is 0. The number of hydrogen-bond donors (Lipinski definition) is 2. The number of rotatable bonds is 5. The first-order chi connectivity index (χ1) is 15.2. The Kier molecular flexibility index (Phi) is 7.71. The number of carbonyl (C=O) groups excluding carboxylic acids is 1. The lowest BCUT2D eigenvalue weighted by atomic mass is 9.90. The molecule has 2 fully saturated rings. The van der Waals surface area contributed by atoms with Crippen molar-refractivity contribution >= 4 is 17.7 Å². The van der Waals surface area contributed by atoms with Crippen molar-refractivity contribution < 1.29 is 27.9 Å². The number of pyridine rings is 1. The molecule has 0 atom stereocenters. The number of nitrogens with zero attached hydrogens (tertiary/aromatic N) is 2. The molecule has 2 aliphatic rings. The number of amides is 1. The number of carbonyl (C=O) groups is 2. The number of anilines is 1. The van der Waals surface area contributed by atoms with Gasteiger partial charge in [0.2, 0.25) is 0 Å².